The van der Waals surface area contributed by atoms with E-state index < -0.39 is 5.97 Å². The van der Waals surface area contributed by atoms with Gasteiger partial charge in [0.25, 0.3) is 0 Å². The lowest BCUT2D eigenvalue weighted by molar-refractivity contribution is -0.142. The molecule has 4 rings (SSSR count). The zero-order chi connectivity index (χ0) is 21.1. The summed E-state index contributed by atoms with van der Waals surface area (Å²) < 4.78 is 16.4. The summed E-state index contributed by atoms with van der Waals surface area (Å²) in [4.78, 5) is 27.5. The van der Waals surface area contributed by atoms with Crippen molar-refractivity contribution in [3.63, 3.8) is 0 Å². The summed E-state index contributed by atoms with van der Waals surface area (Å²) in [7, 11) is 1.36. The highest BCUT2D eigenvalue weighted by atomic mass is 16.5. The van der Waals surface area contributed by atoms with Gasteiger partial charge in [0.2, 0.25) is 5.91 Å². The van der Waals surface area contributed by atoms with Gasteiger partial charge < -0.3 is 19.1 Å². The number of methoxy groups -OCH3 is 1. The fourth-order valence-electron chi connectivity index (χ4n) is 4.25. The van der Waals surface area contributed by atoms with Gasteiger partial charge in [0.1, 0.15) is 12.4 Å². The lowest BCUT2D eigenvalue weighted by Crippen LogP contribution is -2.41. The molecular formula is C24H27NO5. The van der Waals surface area contributed by atoms with Crippen molar-refractivity contribution in [3.05, 3.63) is 64.7 Å². The molecule has 6 nitrogen and oxygen atoms in total. The first kappa shape index (κ1) is 20.4. The van der Waals surface area contributed by atoms with E-state index in [4.69, 9.17) is 14.2 Å². The number of nitrogens with zero attached hydrogens (tertiary/aromatic N) is 1. The Hall–Kier alpha value is -2.86. The maximum atomic E-state index is 13.6. The SMILES string of the molecule is COC(=O)c1ccc2c(c1)OCC(c1ccccc1C)N(C(=O)C1CCOCC1)C2. The number of aryl methyl sites for hydroxylation is 1. The molecule has 0 aromatic heterocycles. The van der Waals surface area contributed by atoms with Crippen molar-refractivity contribution >= 4 is 11.9 Å². The van der Waals surface area contributed by atoms with Gasteiger partial charge in [-0.1, -0.05) is 30.3 Å². The van der Waals surface area contributed by atoms with Crippen LogP contribution in [0.2, 0.25) is 0 Å². The third-order valence-corrected chi connectivity index (χ3v) is 6.00. The van der Waals surface area contributed by atoms with Gasteiger partial charge in [-0.3, -0.25) is 4.79 Å². The highest BCUT2D eigenvalue weighted by Crippen LogP contribution is 2.35. The molecule has 6 heteroatoms. The highest BCUT2D eigenvalue weighted by molar-refractivity contribution is 5.90. The average Bonchev–Trinajstić information content (AvgIpc) is 2.98. The lowest BCUT2D eigenvalue weighted by atomic mass is 9.94. The maximum absolute atomic E-state index is 13.6. The smallest absolute Gasteiger partial charge is 0.337 e. The van der Waals surface area contributed by atoms with Crippen LogP contribution in [-0.4, -0.2) is 43.7 Å². The molecule has 0 spiro atoms. The molecule has 1 unspecified atom stereocenters. The molecule has 30 heavy (non-hydrogen) atoms. The molecule has 0 radical (unpaired) electrons. The van der Waals surface area contributed by atoms with E-state index in [1.807, 2.05) is 23.1 Å². The number of carbonyl (C=O) groups excluding carboxylic acids is 2. The number of fused-ring (bicyclic) bond motifs is 1. The quantitative estimate of drug-likeness (QED) is 0.724. The van der Waals surface area contributed by atoms with Crippen molar-refractivity contribution < 1.29 is 23.8 Å². The summed E-state index contributed by atoms with van der Waals surface area (Å²) in [6, 6.07) is 13.2. The van der Waals surface area contributed by atoms with Crippen LogP contribution in [0.5, 0.6) is 5.75 Å². The average molecular weight is 409 g/mol. The molecule has 0 N–H and O–H groups in total. The summed E-state index contributed by atoms with van der Waals surface area (Å²) in [6.07, 6.45) is 1.48. The third-order valence-electron chi connectivity index (χ3n) is 6.00. The minimum atomic E-state index is -0.406. The Bertz CT molecular complexity index is 935. The van der Waals surface area contributed by atoms with Crippen molar-refractivity contribution in [1.29, 1.82) is 0 Å². The minimum Gasteiger partial charge on any atom is -0.491 e. The second kappa shape index (κ2) is 8.88. The van der Waals surface area contributed by atoms with E-state index in [0.29, 0.717) is 37.7 Å². The maximum Gasteiger partial charge on any atom is 0.337 e. The molecule has 1 saturated heterocycles. The Morgan fingerprint density at radius 3 is 2.60 bits per heavy atom. The van der Waals surface area contributed by atoms with Crippen LogP contribution < -0.4 is 4.74 Å². The van der Waals surface area contributed by atoms with E-state index in [0.717, 1.165) is 29.5 Å². The van der Waals surface area contributed by atoms with E-state index in [2.05, 4.69) is 19.1 Å². The van der Waals surface area contributed by atoms with Crippen LogP contribution in [0.1, 0.15) is 45.9 Å². The molecule has 0 aliphatic carbocycles. The van der Waals surface area contributed by atoms with Gasteiger partial charge in [0, 0.05) is 24.7 Å². The summed E-state index contributed by atoms with van der Waals surface area (Å²) >= 11 is 0. The number of hydrogen-bond acceptors (Lipinski definition) is 5. The van der Waals surface area contributed by atoms with Gasteiger partial charge in [0.15, 0.2) is 0 Å². The lowest BCUT2D eigenvalue weighted by Gasteiger charge is -2.34. The largest absolute Gasteiger partial charge is 0.491 e. The monoisotopic (exact) mass is 409 g/mol. The highest BCUT2D eigenvalue weighted by Gasteiger charge is 2.35. The van der Waals surface area contributed by atoms with Crippen LogP contribution in [-0.2, 0) is 20.8 Å². The predicted octanol–water partition coefficient (Wildman–Crippen LogP) is 3.67. The van der Waals surface area contributed by atoms with Crippen LogP contribution in [0.3, 0.4) is 0 Å². The Labute approximate surface area is 176 Å². The second-order valence-electron chi connectivity index (χ2n) is 7.85. The third kappa shape index (κ3) is 4.05. The van der Waals surface area contributed by atoms with Gasteiger partial charge in [-0.05, 0) is 43.0 Å². The van der Waals surface area contributed by atoms with Crippen molar-refractivity contribution in [3.8, 4) is 5.75 Å². The number of hydrogen-bond donors (Lipinski definition) is 0. The van der Waals surface area contributed by atoms with Gasteiger partial charge in [0.05, 0.1) is 25.3 Å². The molecule has 1 fully saturated rings. The summed E-state index contributed by atoms with van der Waals surface area (Å²) in [6.45, 7) is 4.06. The predicted molar refractivity (Wildman–Crippen MR) is 111 cm³/mol. The van der Waals surface area contributed by atoms with Crippen molar-refractivity contribution in [2.24, 2.45) is 5.92 Å². The molecule has 2 aliphatic rings. The summed E-state index contributed by atoms with van der Waals surface area (Å²) in [5, 5.41) is 0. The zero-order valence-electron chi connectivity index (χ0n) is 17.4. The molecule has 158 valence electrons. The number of carbonyl (C=O) groups is 2. The van der Waals surface area contributed by atoms with Gasteiger partial charge in [-0.2, -0.15) is 0 Å². The number of esters is 1. The molecule has 0 bridgehead atoms. The number of ether oxygens (including phenoxy) is 3. The summed E-state index contributed by atoms with van der Waals surface area (Å²) in [5.41, 5.74) is 3.53. The molecule has 1 amide bonds. The summed E-state index contributed by atoms with van der Waals surface area (Å²) in [5.74, 6) is 0.316. The number of amides is 1. The zero-order valence-corrected chi connectivity index (χ0v) is 17.4. The number of rotatable bonds is 3. The normalized spacial score (nSPS) is 19.4. The Morgan fingerprint density at radius 1 is 1.10 bits per heavy atom. The molecule has 2 heterocycles. The van der Waals surface area contributed by atoms with E-state index >= 15 is 0 Å². The molecular weight excluding hydrogens is 382 g/mol. The first-order chi connectivity index (χ1) is 14.6. The topological polar surface area (TPSA) is 65.1 Å². The first-order valence-corrected chi connectivity index (χ1v) is 10.4. The van der Waals surface area contributed by atoms with E-state index in [1.165, 1.54) is 7.11 Å². The Kier molecular flexibility index (Phi) is 6.04. The van der Waals surface area contributed by atoms with E-state index in [-0.39, 0.29) is 17.9 Å². The fraction of sp³-hybridized carbons (Fsp3) is 0.417. The molecule has 2 aromatic rings. The molecule has 2 aromatic carbocycles. The van der Waals surface area contributed by atoms with E-state index in [9.17, 15) is 9.59 Å². The molecule has 2 aliphatic heterocycles. The van der Waals surface area contributed by atoms with Gasteiger partial charge in [-0.15, -0.1) is 0 Å². The van der Waals surface area contributed by atoms with Crippen LogP contribution in [0, 0.1) is 12.8 Å². The van der Waals surface area contributed by atoms with Crippen LogP contribution in [0.4, 0.5) is 0 Å². The standard InChI is InChI=1S/C24H27NO5/c1-16-5-3-4-6-20(16)21-15-30-22-13-18(24(27)28-2)7-8-19(22)14-25(21)23(26)17-9-11-29-12-10-17/h3-8,13,17,21H,9-12,14-15H2,1-2H3. The van der Waals surface area contributed by atoms with Crippen LogP contribution in [0.15, 0.2) is 42.5 Å². The van der Waals surface area contributed by atoms with Gasteiger partial charge in [-0.25, -0.2) is 4.79 Å². The minimum absolute atomic E-state index is 0.0406. The van der Waals surface area contributed by atoms with Crippen LogP contribution in [0.25, 0.3) is 0 Å². The van der Waals surface area contributed by atoms with Crippen molar-refractivity contribution in [2.45, 2.75) is 32.4 Å². The Morgan fingerprint density at radius 2 is 1.87 bits per heavy atom. The van der Waals surface area contributed by atoms with Crippen molar-refractivity contribution in [2.75, 3.05) is 26.9 Å². The van der Waals surface area contributed by atoms with Crippen molar-refractivity contribution in [1.82, 2.24) is 4.90 Å². The van der Waals surface area contributed by atoms with E-state index in [1.54, 1.807) is 12.1 Å². The van der Waals surface area contributed by atoms with Crippen LogP contribution >= 0.6 is 0 Å². The van der Waals surface area contributed by atoms with Gasteiger partial charge >= 0.3 is 5.97 Å². The number of benzene rings is 2. The first-order valence-electron chi connectivity index (χ1n) is 10.4. The Balaban J connectivity index is 1.71. The molecule has 0 saturated carbocycles. The molecule has 1 atom stereocenters. The second-order valence-corrected chi connectivity index (χ2v) is 7.85. The fourth-order valence-corrected chi connectivity index (χ4v) is 4.25.